The van der Waals surface area contributed by atoms with Gasteiger partial charge in [0.05, 0.1) is 24.2 Å². The van der Waals surface area contributed by atoms with Crippen molar-refractivity contribution in [2.45, 2.75) is 6.92 Å². The molecular formula is C16H24N4O2. The molecule has 1 amide bonds. The molecule has 0 fully saturated rings. The fourth-order valence-corrected chi connectivity index (χ4v) is 1.92. The van der Waals surface area contributed by atoms with E-state index >= 15 is 0 Å². The van der Waals surface area contributed by atoms with E-state index < -0.39 is 0 Å². The predicted octanol–water partition coefficient (Wildman–Crippen LogP) is 1.24. The molecule has 6 heteroatoms. The Labute approximate surface area is 132 Å². The number of likely N-dealkylation sites (N-methyl/N-ethyl adjacent to an activating group) is 2. The first kappa shape index (κ1) is 17.7. The fourth-order valence-electron chi connectivity index (χ4n) is 1.92. The van der Waals surface area contributed by atoms with Crippen LogP contribution in [0.15, 0.2) is 12.1 Å². The Balaban J connectivity index is 3.13. The van der Waals surface area contributed by atoms with Gasteiger partial charge in [-0.3, -0.25) is 4.79 Å². The number of benzene rings is 1. The molecule has 0 radical (unpaired) electrons. The maximum atomic E-state index is 11.7. The summed E-state index contributed by atoms with van der Waals surface area (Å²) in [4.78, 5) is 15.9. The minimum absolute atomic E-state index is 0.366. The molecule has 0 spiro atoms. The van der Waals surface area contributed by atoms with Crippen molar-refractivity contribution in [3.8, 4) is 17.6 Å². The van der Waals surface area contributed by atoms with Gasteiger partial charge in [-0.25, -0.2) is 0 Å². The molecule has 1 rings (SSSR count). The summed E-state index contributed by atoms with van der Waals surface area (Å²) in [6.45, 7) is 3.29. The quantitative estimate of drug-likeness (QED) is 0.611. The van der Waals surface area contributed by atoms with Crippen LogP contribution in [-0.2, 0) is 4.79 Å². The van der Waals surface area contributed by atoms with Crippen molar-refractivity contribution >= 4 is 23.0 Å². The predicted molar refractivity (Wildman–Crippen MR) is 91.3 cm³/mol. The number of amides is 1. The van der Waals surface area contributed by atoms with E-state index in [1.165, 1.54) is 0 Å². The first-order valence-electron chi connectivity index (χ1n) is 6.96. The molecule has 22 heavy (non-hydrogen) atoms. The van der Waals surface area contributed by atoms with Crippen LogP contribution in [0.3, 0.4) is 0 Å². The summed E-state index contributed by atoms with van der Waals surface area (Å²) in [5, 5.41) is 2.77. The van der Waals surface area contributed by atoms with E-state index in [2.05, 4.69) is 22.1 Å². The lowest BCUT2D eigenvalue weighted by Crippen LogP contribution is -2.29. The van der Waals surface area contributed by atoms with Crippen molar-refractivity contribution in [2.24, 2.45) is 0 Å². The van der Waals surface area contributed by atoms with Gasteiger partial charge in [-0.15, -0.1) is 0 Å². The summed E-state index contributed by atoms with van der Waals surface area (Å²) in [6, 6.07) is 3.51. The van der Waals surface area contributed by atoms with Crippen LogP contribution < -0.4 is 20.7 Å². The van der Waals surface area contributed by atoms with Crippen LogP contribution in [0.2, 0.25) is 0 Å². The summed E-state index contributed by atoms with van der Waals surface area (Å²) in [5.41, 5.74) is 7.85. The van der Waals surface area contributed by atoms with E-state index in [9.17, 15) is 4.79 Å². The number of nitrogens with one attached hydrogen (secondary N) is 1. The van der Waals surface area contributed by atoms with E-state index in [-0.39, 0.29) is 5.91 Å². The Morgan fingerprint density at radius 2 is 2.00 bits per heavy atom. The van der Waals surface area contributed by atoms with Crippen molar-refractivity contribution in [3.05, 3.63) is 12.1 Å². The normalized spacial score (nSPS) is 9.91. The summed E-state index contributed by atoms with van der Waals surface area (Å²) < 4.78 is 5.27. The highest BCUT2D eigenvalue weighted by Crippen LogP contribution is 2.34. The number of rotatable bonds is 6. The zero-order valence-corrected chi connectivity index (χ0v) is 13.9. The van der Waals surface area contributed by atoms with Crippen molar-refractivity contribution in [3.63, 3.8) is 0 Å². The SMILES string of the molecule is CC#CC(=O)Nc1cc(N)c(OC)cc1N(C)CCN(C)C. The smallest absolute Gasteiger partial charge is 0.300 e. The molecule has 0 saturated carbocycles. The summed E-state index contributed by atoms with van der Waals surface area (Å²) >= 11 is 0. The number of carbonyl (C=O) groups is 1. The molecule has 0 aliphatic heterocycles. The number of methoxy groups -OCH3 is 1. The maximum absolute atomic E-state index is 11.7. The zero-order valence-electron chi connectivity index (χ0n) is 13.9. The van der Waals surface area contributed by atoms with Gasteiger partial charge in [-0.05, 0) is 33.0 Å². The lowest BCUT2D eigenvalue weighted by Gasteiger charge is -2.25. The van der Waals surface area contributed by atoms with E-state index in [4.69, 9.17) is 10.5 Å². The number of nitrogen functional groups attached to an aromatic ring is 1. The number of hydrogen-bond acceptors (Lipinski definition) is 5. The minimum atomic E-state index is -0.366. The van der Waals surface area contributed by atoms with Gasteiger partial charge in [0.1, 0.15) is 5.75 Å². The van der Waals surface area contributed by atoms with E-state index in [1.54, 1.807) is 20.1 Å². The number of ether oxygens (including phenoxy) is 1. The first-order valence-corrected chi connectivity index (χ1v) is 6.96. The van der Waals surface area contributed by atoms with Gasteiger partial charge in [-0.1, -0.05) is 5.92 Å². The van der Waals surface area contributed by atoms with Crippen LogP contribution >= 0.6 is 0 Å². The van der Waals surface area contributed by atoms with Crippen molar-refractivity contribution in [1.82, 2.24) is 4.90 Å². The molecule has 1 aromatic rings. The van der Waals surface area contributed by atoms with Crippen LogP contribution in [0.5, 0.6) is 5.75 Å². The van der Waals surface area contributed by atoms with E-state index in [1.807, 2.05) is 32.1 Å². The van der Waals surface area contributed by atoms with Crippen molar-refractivity contribution in [1.29, 1.82) is 0 Å². The third kappa shape index (κ3) is 4.86. The fraction of sp³-hybridized carbons (Fsp3) is 0.438. The third-order valence-corrected chi connectivity index (χ3v) is 3.13. The molecule has 0 atom stereocenters. The highest BCUT2D eigenvalue weighted by atomic mass is 16.5. The summed E-state index contributed by atoms with van der Waals surface area (Å²) in [5.74, 6) is 5.24. The molecule has 1 aromatic carbocycles. The second kappa shape index (κ2) is 8.15. The van der Waals surface area contributed by atoms with Gasteiger partial charge in [-0.2, -0.15) is 0 Å². The largest absolute Gasteiger partial charge is 0.495 e. The second-order valence-corrected chi connectivity index (χ2v) is 5.17. The molecule has 0 heterocycles. The molecule has 0 unspecified atom stereocenters. The van der Waals surface area contributed by atoms with E-state index in [0.29, 0.717) is 17.1 Å². The van der Waals surface area contributed by atoms with Gasteiger partial charge in [0.25, 0.3) is 5.91 Å². The van der Waals surface area contributed by atoms with Gasteiger partial charge >= 0.3 is 0 Å². The number of carbonyl (C=O) groups excluding carboxylic acids is 1. The Kier molecular flexibility index (Phi) is 6.54. The number of hydrogen-bond donors (Lipinski definition) is 2. The number of nitrogens with two attached hydrogens (primary N) is 1. The lowest BCUT2D eigenvalue weighted by atomic mass is 10.2. The Morgan fingerprint density at radius 3 is 2.55 bits per heavy atom. The summed E-state index contributed by atoms with van der Waals surface area (Å²) in [6.07, 6.45) is 0. The highest BCUT2D eigenvalue weighted by Gasteiger charge is 2.14. The molecule has 120 valence electrons. The molecular weight excluding hydrogens is 280 g/mol. The topological polar surface area (TPSA) is 70.8 Å². The van der Waals surface area contributed by atoms with Gasteiger partial charge in [0, 0.05) is 26.2 Å². The number of anilines is 3. The molecule has 0 bridgehead atoms. The molecule has 6 nitrogen and oxygen atoms in total. The van der Waals surface area contributed by atoms with Gasteiger partial charge in [0.15, 0.2) is 0 Å². The average Bonchev–Trinajstić information content (AvgIpc) is 2.45. The first-order chi connectivity index (χ1) is 10.4. The minimum Gasteiger partial charge on any atom is -0.495 e. The molecule has 0 aromatic heterocycles. The van der Waals surface area contributed by atoms with Gasteiger partial charge < -0.3 is 25.6 Å². The zero-order chi connectivity index (χ0) is 16.7. The maximum Gasteiger partial charge on any atom is 0.300 e. The van der Waals surface area contributed by atoms with Crippen molar-refractivity contribution in [2.75, 3.05) is 57.3 Å². The van der Waals surface area contributed by atoms with Crippen LogP contribution in [0.25, 0.3) is 0 Å². The standard InChI is InChI=1S/C16H24N4O2/c1-6-7-16(21)18-13-10-12(17)15(22-5)11-14(13)20(4)9-8-19(2)3/h10-11H,8-9,17H2,1-5H3,(H,18,21). The van der Waals surface area contributed by atoms with Crippen LogP contribution in [0.4, 0.5) is 17.1 Å². The Bertz CT molecular complexity index is 588. The van der Waals surface area contributed by atoms with Crippen LogP contribution in [-0.4, -0.2) is 52.1 Å². The monoisotopic (exact) mass is 304 g/mol. The molecule has 0 aliphatic carbocycles. The van der Waals surface area contributed by atoms with Crippen LogP contribution in [0, 0.1) is 11.8 Å². The van der Waals surface area contributed by atoms with Crippen molar-refractivity contribution < 1.29 is 9.53 Å². The summed E-state index contributed by atoms with van der Waals surface area (Å²) in [7, 11) is 7.54. The molecule has 3 N–H and O–H groups in total. The van der Waals surface area contributed by atoms with Gasteiger partial charge in [0.2, 0.25) is 0 Å². The average molecular weight is 304 g/mol. The Morgan fingerprint density at radius 1 is 1.32 bits per heavy atom. The highest BCUT2D eigenvalue weighted by molar-refractivity contribution is 6.06. The number of nitrogens with zero attached hydrogens (tertiary/aromatic N) is 2. The molecule has 0 saturated heterocycles. The Hall–Kier alpha value is -2.39. The third-order valence-electron chi connectivity index (χ3n) is 3.13. The van der Waals surface area contributed by atoms with E-state index in [0.717, 1.165) is 18.8 Å². The lowest BCUT2D eigenvalue weighted by molar-refractivity contribution is -0.111. The second-order valence-electron chi connectivity index (χ2n) is 5.17. The molecule has 0 aliphatic rings. The van der Waals surface area contributed by atoms with Crippen LogP contribution in [0.1, 0.15) is 6.92 Å².